The van der Waals surface area contributed by atoms with E-state index in [1.54, 1.807) is 0 Å². The van der Waals surface area contributed by atoms with E-state index in [0.717, 1.165) is 0 Å². The summed E-state index contributed by atoms with van der Waals surface area (Å²) in [5.41, 5.74) is 0. The highest BCUT2D eigenvalue weighted by Gasteiger charge is 2.04. The maximum Gasteiger partial charge on any atom is 0.137 e. The van der Waals surface area contributed by atoms with Gasteiger partial charge in [-0.2, -0.15) is 0 Å². The van der Waals surface area contributed by atoms with Crippen LogP contribution in [0, 0.1) is 6.42 Å². The Morgan fingerprint density at radius 1 is 2.00 bits per heavy atom. The molecule has 0 spiro atoms. The maximum absolute atomic E-state index is 4.61. The van der Waals surface area contributed by atoms with Crippen LogP contribution in [-0.2, 0) is 4.84 Å². The molecule has 1 aliphatic rings. The zero-order valence-electron chi connectivity index (χ0n) is 3.51. The Morgan fingerprint density at radius 2 is 2.83 bits per heavy atom. The van der Waals surface area contributed by atoms with Crippen LogP contribution in [0.5, 0.6) is 0 Å². The van der Waals surface area contributed by atoms with Gasteiger partial charge in [0.2, 0.25) is 0 Å². The zero-order valence-corrected chi connectivity index (χ0v) is 3.51. The van der Waals surface area contributed by atoms with Crippen LogP contribution in [0.15, 0.2) is 5.16 Å². The molecule has 1 unspecified atom stereocenters. The molecule has 1 heterocycles. The third kappa shape index (κ3) is 0.506. The average Bonchev–Trinajstić information content (AvgIpc) is 1.86. The minimum absolute atomic E-state index is 0.0741. The molecule has 0 aromatic heterocycles. The van der Waals surface area contributed by atoms with Gasteiger partial charge in [-0.05, 0) is 6.92 Å². The van der Waals surface area contributed by atoms with Gasteiger partial charge in [0.25, 0.3) is 0 Å². The van der Waals surface area contributed by atoms with E-state index in [9.17, 15) is 0 Å². The highest BCUT2D eigenvalue weighted by atomic mass is 16.6. The Hall–Kier alpha value is -0.530. The molecule has 2 nitrogen and oxygen atoms in total. The Kier molecular flexibility index (Phi) is 0.783. The molecule has 1 rings (SSSR count). The summed E-state index contributed by atoms with van der Waals surface area (Å²) in [6.07, 6.45) is 4.41. The van der Waals surface area contributed by atoms with Crippen LogP contribution < -0.4 is 0 Å². The third-order valence-electron chi connectivity index (χ3n) is 0.581. The fourth-order valence-electron chi connectivity index (χ4n) is 0.288. The first-order chi connectivity index (χ1) is 2.89. The summed E-state index contributed by atoms with van der Waals surface area (Å²) in [4.78, 5) is 4.61. The lowest BCUT2D eigenvalue weighted by atomic mass is 10.3. The predicted molar refractivity (Wildman–Crippen MR) is 22.3 cm³/mol. The van der Waals surface area contributed by atoms with Crippen molar-refractivity contribution in [1.82, 2.24) is 0 Å². The molecule has 6 heavy (non-hydrogen) atoms. The number of rotatable bonds is 0. The molecule has 1 aliphatic heterocycles. The van der Waals surface area contributed by atoms with E-state index in [2.05, 4.69) is 16.4 Å². The van der Waals surface area contributed by atoms with Crippen molar-refractivity contribution in [2.45, 2.75) is 13.0 Å². The van der Waals surface area contributed by atoms with E-state index in [1.165, 1.54) is 6.21 Å². The fourth-order valence-corrected chi connectivity index (χ4v) is 0.288. The van der Waals surface area contributed by atoms with Crippen molar-refractivity contribution >= 4 is 6.21 Å². The van der Waals surface area contributed by atoms with Gasteiger partial charge in [-0.3, -0.25) is 0 Å². The smallest absolute Gasteiger partial charge is 0.137 e. The number of nitrogens with zero attached hydrogens (tertiary/aromatic N) is 1. The van der Waals surface area contributed by atoms with Gasteiger partial charge >= 0.3 is 0 Å². The summed E-state index contributed by atoms with van der Waals surface area (Å²) < 4.78 is 0. The van der Waals surface area contributed by atoms with E-state index < -0.39 is 0 Å². The molecule has 0 saturated heterocycles. The molecular formula is C4H5NO. The third-order valence-corrected chi connectivity index (χ3v) is 0.581. The molecule has 2 radical (unpaired) electrons. The molecule has 0 aromatic rings. The molecule has 0 aliphatic carbocycles. The molecule has 2 heteroatoms. The molecular weight excluding hydrogens is 78.0 g/mol. The van der Waals surface area contributed by atoms with Gasteiger partial charge in [-0.1, -0.05) is 5.16 Å². The van der Waals surface area contributed by atoms with Crippen molar-refractivity contribution in [3.05, 3.63) is 6.42 Å². The molecule has 0 saturated carbocycles. The summed E-state index contributed by atoms with van der Waals surface area (Å²) in [7, 11) is 0. The Bertz CT molecular complexity index is 61.9. The molecule has 32 valence electrons. The van der Waals surface area contributed by atoms with Crippen LogP contribution >= 0.6 is 0 Å². The summed E-state index contributed by atoms with van der Waals surface area (Å²) in [5, 5.41) is 3.43. The maximum atomic E-state index is 4.61. The largest absolute Gasteiger partial charge is 0.392 e. The standard InChI is InChI=1S/C4H5NO/c1-4-2-3-5-6-4/h3-4H,1H3. The summed E-state index contributed by atoms with van der Waals surface area (Å²) in [6, 6.07) is 0. The van der Waals surface area contributed by atoms with E-state index >= 15 is 0 Å². The topological polar surface area (TPSA) is 21.6 Å². The van der Waals surface area contributed by atoms with Crippen molar-refractivity contribution in [2.75, 3.05) is 0 Å². The fraction of sp³-hybridized carbons (Fsp3) is 0.500. The lowest BCUT2D eigenvalue weighted by Gasteiger charge is -1.92. The van der Waals surface area contributed by atoms with Gasteiger partial charge in [0, 0.05) is 0 Å². The Morgan fingerprint density at radius 3 is 3.00 bits per heavy atom. The van der Waals surface area contributed by atoms with Gasteiger partial charge in [0.15, 0.2) is 0 Å². The molecule has 0 amide bonds. The van der Waals surface area contributed by atoms with Gasteiger partial charge < -0.3 is 4.84 Å². The molecule has 0 N–H and O–H groups in total. The molecule has 0 fully saturated rings. The van der Waals surface area contributed by atoms with E-state index in [4.69, 9.17) is 0 Å². The first-order valence-corrected chi connectivity index (χ1v) is 1.83. The van der Waals surface area contributed by atoms with Gasteiger partial charge in [-0.25, -0.2) is 0 Å². The van der Waals surface area contributed by atoms with Crippen molar-refractivity contribution in [3.63, 3.8) is 0 Å². The predicted octanol–water partition coefficient (Wildman–Crippen LogP) is 0.472. The summed E-state index contributed by atoms with van der Waals surface area (Å²) >= 11 is 0. The number of hydrogen-bond acceptors (Lipinski definition) is 2. The van der Waals surface area contributed by atoms with Crippen LogP contribution in [0.25, 0.3) is 0 Å². The first-order valence-electron chi connectivity index (χ1n) is 1.83. The average molecular weight is 83.1 g/mol. The number of oxime groups is 1. The van der Waals surface area contributed by atoms with Gasteiger partial charge in [-0.15, -0.1) is 0 Å². The molecule has 0 aromatic carbocycles. The van der Waals surface area contributed by atoms with Crippen LogP contribution in [0.1, 0.15) is 6.92 Å². The summed E-state index contributed by atoms with van der Waals surface area (Å²) in [6.45, 7) is 1.88. The second kappa shape index (κ2) is 1.29. The van der Waals surface area contributed by atoms with E-state index in [0.29, 0.717) is 0 Å². The van der Waals surface area contributed by atoms with Crippen molar-refractivity contribution in [3.8, 4) is 0 Å². The lowest BCUT2D eigenvalue weighted by molar-refractivity contribution is 0.116. The SMILES string of the molecule is CC1[C]C=NO1. The first kappa shape index (κ1) is 3.65. The van der Waals surface area contributed by atoms with E-state index in [-0.39, 0.29) is 6.10 Å². The summed E-state index contributed by atoms with van der Waals surface area (Å²) in [5.74, 6) is 0. The molecule has 0 bridgehead atoms. The second-order valence-corrected chi connectivity index (χ2v) is 1.15. The highest BCUT2D eigenvalue weighted by molar-refractivity contribution is 5.69. The lowest BCUT2D eigenvalue weighted by Crippen LogP contribution is -1.95. The van der Waals surface area contributed by atoms with Crippen molar-refractivity contribution < 1.29 is 4.84 Å². The number of hydrogen-bond donors (Lipinski definition) is 0. The molecule has 1 atom stereocenters. The van der Waals surface area contributed by atoms with Crippen LogP contribution in [0.2, 0.25) is 0 Å². The van der Waals surface area contributed by atoms with Gasteiger partial charge in [0.05, 0.1) is 12.6 Å². The monoisotopic (exact) mass is 83.0 g/mol. The highest BCUT2D eigenvalue weighted by Crippen LogP contribution is 1.99. The zero-order chi connectivity index (χ0) is 4.41. The van der Waals surface area contributed by atoms with E-state index in [1.807, 2.05) is 6.92 Å². The normalized spacial score (nSPS) is 30.5. The van der Waals surface area contributed by atoms with Crippen LogP contribution in [0.4, 0.5) is 0 Å². The van der Waals surface area contributed by atoms with Crippen LogP contribution in [0.3, 0.4) is 0 Å². The second-order valence-electron chi connectivity index (χ2n) is 1.15. The van der Waals surface area contributed by atoms with Crippen molar-refractivity contribution in [2.24, 2.45) is 5.16 Å². The minimum Gasteiger partial charge on any atom is -0.392 e. The van der Waals surface area contributed by atoms with Crippen molar-refractivity contribution in [1.29, 1.82) is 0 Å². The Labute approximate surface area is 36.8 Å². The minimum atomic E-state index is 0.0741. The quantitative estimate of drug-likeness (QED) is 0.417. The Balaban J connectivity index is 2.32. The van der Waals surface area contributed by atoms with Crippen LogP contribution in [-0.4, -0.2) is 12.3 Å². The van der Waals surface area contributed by atoms with Gasteiger partial charge in [0.1, 0.15) is 6.10 Å².